The molecule has 2 heterocycles. The van der Waals surface area contributed by atoms with Crippen LogP contribution in [0.5, 0.6) is 0 Å². The van der Waals surface area contributed by atoms with Crippen LogP contribution in [0.1, 0.15) is 31.9 Å². The minimum atomic E-state index is 0.290. The van der Waals surface area contributed by atoms with Gasteiger partial charge in [0.1, 0.15) is 12.1 Å². The van der Waals surface area contributed by atoms with E-state index in [2.05, 4.69) is 27.9 Å². The Hall–Kier alpha value is -1.16. The normalized spacial score (nSPS) is 21.1. The van der Waals surface area contributed by atoms with Crippen LogP contribution in [0.2, 0.25) is 0 Å². The van der Waals surface area contributed by atoms with Gasteiger partial charge in [-0.25, -0.2) is 9.97 Å². The second-order valence-electron chi connectivity index (χ2n) is 4.47. The van der Waals surface area contributed by atoms with Crippen LogP contribution in [0.25, 0.3) is 0 Å². The quantitative estimate of drug-likeness (QED) is 0.835. The van der Waals surface area contributed by atoms with E-state index in [4.69, 9.17) is 5.73 Å². The maximum Gasteiger partial charge on any atom is 0.132 e. The maximum absolute atomic E-state index is 5.97. The second kappa shape index (κ2) is 5.25. The average molecular weight is 220 g/mol. The van der Waals surface area contributed by atoms with Gasteiger partial charge in [-0.3, -0.25) is 0 Å². The van der Waals surface area contributed by atoms with Crippen molar-refractivity contribution in [3.05, 3.63) is 18.1 Å². The van der Waals surface area contributed by atoms with Gasteiger partial charge in [-0.2, -0.15) is 0 Å². The highest BCUT2D eigenvalue weighted by Crippen LogP contribution is 2.17. The standard InChI is InChI=1S/C12H20N4/c1-2-4-11-7-12(15-9-14-11)16-6-3-5-10(13)8-16/h7,9-10H,2-6,8,13H2,1H3/t10-/m1/s1. The Morgan fingerprint density at radius 2 is 2.38 bits per heavy atom. The molecule has 0 spiro atoms. The molecule has 1 aromatic heterocycles. The molecule has 0 radical (unpaired) electrons. The summed E-state index contributed by atoms with van der Waals surface area (Å²) in [5, 5.41) is 0. The van der Waals surface area contributed by atoms with Gasteiger partial charge in [0, 0.05) is 30.9 Å². The molecular weight excluding hydrogens is 200 g/mol. The maximum atomic E-state index is 5.97. The highest BCUT2D eigenvalue weighted by molar-refractivity contribution is 5.39. The van der Waals surface area contributed by atoms with Crippen molar-refractivity contribution >= 4 is 5.82 Å². The fourth-order valence-corrected chi connectivity index (χ4v) is 2.17. The molecule has 2 N–H and O–H groups in total. The molecule has 4 nitrogen and oxygen atoms in total. The lowest BCUT2D eigenvalue weighted by atomic mass is 10.1. The zero-order chi connectivity index (χ0) is 11.4. The topological polar surface area (TPSA) is 55.0 Å². The van der Waals surface area contributed by atoms with Crippen LogP contribution in [0, 0.1) is 0 Å². The number of hydrogen-bond donors (Lipinski definition) is 1. The van der Waals surface area contributed by atoms with Crippen LogP contribution in [0.15, 0.2) is 12.4 Å². The Balaban J connectivity index is 2.09. The predicted molar refractivity (Wildman–Crippen MR) is 65.4 cm³/mol. The van der Waals surface area contributed by atoms with E-state index in [0.717, 1.165) is 50.3 Å². The van der Waals surface area contributed by atoms with Crippen molar-refractivity contribution < 1.29 is 0 Å². The smallest absolute Gasteiger partial charge is 0.132 e. The summed E-state index contributed by atoms with van der Waals surface area (Å²) in [6, 6.07) is 2.39. The average Bonchev–Trinajstić information content (AvgIpc) is 2.30. The third kappa shape index (κ3) is 2.70. The van der Waals surface area contributed by atoms with Crippen molar-refractivity contribution in [3.63, 3.8) is 0 Å². The summed E-state index contributed by atoms with van der Waals surface area (Å²) in [6.45, 7) is 4.15. The van der Waals surface area contributed by atoms with Gasteiger partial charge in [0.15, 0.2) is 0 Å². The first-order chi connectivity index (χ1) is 7.79. The molecule has 0 amide bonds. The van der Waals surface area contributed by atoms with Gasteiger partial charge in [0.2, 0.25) is 0 Å². The van der Waals surface area contributed by atoms with E-state index in [-0.39, 0.29) is 0 Å². The van der Waals surface area contributed by atoms with E-state index in [1.165, 1.54) is 0 Å². The Bertz CT molecular complexity index is 340. The minimum absolute atomic E-state index is 0.290. The van der Waals surface area contributed by atoms with Gasteiger partial charge in [-0.05, 0) is 19.3 Å². The number of aromatic nitrogens is 2. The lowest BCUT2D eigenvalue weighted by molar-refractivity contribution is 0.502. The van der Waals surface area contributed by atoms with Crippen molar-refractivity contribution in [2.75, 3.05) is 18.0 Å². The lowest BCUT2D eigenvalue weighted by Gasteiger charge is -2.31. The lowest BCUT2D eigenvalue weighted by Crippen LogP contribution is -2.43. The summed E-state index contributed by atoms with van der Waals surface area (Å²) in [4.78, 5) is 10.9. The van der Waals surface area contributed by atoms with E-state index in [1.807, 2.05) is 0 Å². The highest BCUT2D eigenvalue weighted by Gasteiger charge is 2.17. The van der Waals surface area contributed by atoms with Crippen molar-refractivity contribution in [1.82, 2.24) is 9.97 Å². The fourth-order valence-electron chi connectivity index (χ4n) is 2.17. The number of nitrogens with zero attached hydrogens (tertiary/aromatic N) is 3. The first-order valence-corrected chi connectivity index (χ1v) is 6.11. The first kappa shape index (κ1) is 11.3. The Morgan fingerprint density at radius 3 is 3.12 bits per heavy atom. The first-order valence-electron chi connectivity index (χ1n) is 6.11. The molecule has 0 bridgehead atoms. The Labute approximate surface area is 96.9 Å². The van der Waals surface area contributed by atoms with Crippen molar-refractivity contribution in [2.24, 2.45) is 5.73 Å². The molecule has 0 aromatic carbocycles. The molecule has 4 heteroatoms. The SMILES string of the molecule is CCCc1cc(N2CCC[C@@H](N)C2)ncn1. The summed E-state index contributed by atoms with van der Waals surface area (Å²) in [5.41, 5.74) is 7.11. The van der Waals surface area contributed by atoms with E-state index in [9.17, 15) is 0 Å². The van der Waals surface area contributed by atoms with Crippen molar-refractivity contribution in [3.8, 4) is 0 Å². The summed E-state index contributed by atoms with van der Waals surface area (Å²) < 4.78 is 0. The third-order valence-electron chi connectivity index (χ3n) is 3.00. The molecule has 1 aliphatic heterocycles. The Morgan fingerprint density at radius 1 is 1.50 bits per heavy atom. The molecule has 0 aliphatic carbocycles. The van der Waals surface area contributed by atoms with Gasteiger partial charge in [0.25, 0.3) is 0 Å². The second-order valence-corrected chi connectivity index (χ2v) is 4.47. The summed E-state index contributed by atoms with van der Waals surface area (Å²) in [6.07, 6.45) is 6.10. The predicted octanol–water partition coefficient (Wildman–Crippen LogP) is 1.36. The van der Waals surface area contributed by atoms with E-state index in [1.54, 1.807) is 6.33 Å². The molecular formula is C12H20N4. The highest BCUT2D eigenvalue weighted by atomic mass is 15.2. The molecule has 1 aromatic rings. The summed E-state index contributed by atoms with van der Waals surface area (Å²) in [5.74, 6) is 1.04. The van der Waals surface area contributed by atoms with Gasteiger partial charge >= 0.3 is 0 Å². The molecule has 0 unspecified atom stereocenters. The summed E-state index contributed by atoms with van der Waals surface area (Å²) in [7, 11) is 0. The molecule has 1 atom stereocenters. The van der Waals surface area contributed by atoms with E-state index >= 15 is 0 Å². The zero-order valence-electron chi connectivity index (χ0n) is 9.89. The zero-order valence-corrected chi connectivity index (χ0v) is 9.89. The monoisotopic (exact) mass is 220 g/mol. The van der Waals surface area contributed by atoms with Crippen LogP contribution >= 0.6 is 0 Å². The number of anilines is 1. The molecule has 1 saturated heterocycles. The van der Waals surface area contributed by atoms with Gasteiger partial charge in [-0.15, -0.1) is 0 Å². The van der Waals surface area contributed by atoms with Gasteiger partial charge in [0.05, 0.1) is 0 Å². The van der Waals surface area contributed by atoms with Crippen LogP contribution in [0.3, 0.4) is 0 Å². The van der Waals surface area contributed by atoms with Crippen LogP contribution < -0.4 is 10.6 Å². The van der Waals surface area contributed by atoms with Crippen LogP contribution in [-0.4, -0.2) is 29.1 Å². The van der Waals surface area contributed by atoms with Gasteiger partial charge < -0.3 is 10.6 Å². The summed E-state index contributed by atoms with van der Waals surface area (Å²) >= 11 is 0. The number of piperidine rings is 1. The van der Waals surface area contributed by atoms with Crippen molar-refractivity contribution in [2.45, 2.75) is 38.6 Å². The number of rotatable bonds is 3. The van der Waals surface area contributed by atoms with Crippen LogP contribution in [0.4, 0.5) is 5.82 Å². The van der Waals surface area contributed by atoms with Gasteiger partial charge in [-0.1, -0.05) is 13.3 Å². The molecule has 1 fully saturated rings. The number of nitrogens with two attached hydrogens (primary N) is 1. The van der Waals surface area contributed by atoms with E-state index in [0.29, 0.717) is 6.04 Å². The largest absolute Gasteiger partial charge is 0.355 e. The molecule has 0 saturated carbocycles. The van der Waals surface area contributed by atoms with E-state index < -0.39 is 0 Å². The number of aryl methyl sites for hydroxylation is 1. The Kier molecular flexibility index (Phi) is 3.72. The molecule has 16 heavy (non-hydrogen) atoms. The fraction of sp³-hybridized carbons (Fsp3) is 0.667. The van der Waals surface area contributed by atoms with Crippen molar-refractivity contribution in [1.29, 1.82) is 0 Å². The molecule has 2 rings (SSSR count). The minimum Gasteiger partial charge on any atom is -0.355 e. The molecule has 1 aliphatic rings. The third-order valence-corrected chi connectivity index (χ3v) is 3.00. The number of hydrogen-bond acceptors (Lipinski definition) is 4. The van der Waals surface area contributed by atoms with Crippen LogP contribution in [-0.2, 0) is 6.42 Å². The molecule has 88 valence electrons.